The molecule has 0 saturated heterocycles. The minimum absolute atomic E-state index is 0.0296. The predicted octanol–water partition coefficient (Wildman–Crippen LogP) is 1.59. The van der Waals surface area contributed by atoms with E-state index in [1.54, 1.807) is 0 Å². The van der Waals surface area contributed by atoms with Crippen LogP contribution in [-0.4, -0.2) is 23.0 Å². The molecule has 6 heteroatoms. The van der Waals surface area contributed by atoms with Crippen molar-refractivity contribution in [2.24, 2.45) is 11.7 Å². The number of carboxylic acid groups (broad SMARTS) is 1. The third-order valence-corrected chi connectivity index (χ3v) is 3.14. The molecule has 1 aliphatic carbocycles. The summed E-state index contributed by atoms with van der Waals surface area (Å²) < 4.78 is 13.6. The van der Waals surface area contributed by atoms with E-state index in [-0.39, 0.29) is 29.6 Å². The van der Waals surface area contributed by atoms with Crippen molar-refractivity contribution in [3.05, 3.63) is 29.6 Å². The van der Waals surface area contributed by atoms with Gasteiger partial charge in [0.1, 0.15) is 5.82 Å². The van der Waals surface area contributed by atoms with Crippen LogP contribution in [-0.2, 0) is 4.79 Å². The van der Waals surface area contributed by atoms with Gasteiger partial charge >= 0.3 is 5.97 Å². The Balaban J connectivity index is 1.98. The second-order valence-electron chi connectivity index (χ2n) is 4.75. The number of aromatic carboxylic acids is 1. The lowest BCUT2D eigenvalue weighted by Gasteiger charge is -2.11. The Hall–Kier alpha value is -1.95. The van der Waals surface area contributed by atoms with Crippen LogP contribution in [0.15, 0.2) is 18.2 Å². The minimum Gasteiger partial charge on any atom is -0.478 e. The monoisotopic (exact) mass is 266 g/mol. The first kappa shape index (κ1) is 13.5. The highest BCUT2D eigenvalue weighted by molar-refractivity contribution is 5.93. The molecule has 1 unspecified atom stereocenters. The summed E-state index contributed by atoms with van der Waals surface area (Å²) in [5.41, 5.74) is 5.61. The highest BCUT2D eigenvalue weighted by atomic mass is 19.1. The molecule has 0 bridgehead atoms. The molecule has 1 saturated carbocycles. The molecule has 102 valence electrons. The third kappa shape index (κ3) is 3.51. The maximum absolute atomic E-state index is 13.6. The molecule has 1 atom stereocenters. The summed E-state index contributed by atoms with van der Waals surface area (Å²) in [6.07, 6.45) is 2.22. The number of anilines is 1. The van der Waals surface area contributed by atoms with E-state index in [0.29, 0.717) is 5.92 Å². The lowest BCUT2D eigenvalue weighted by Crippen LogP contribution is -2.29. The molecule has 1 aromatic carbocycles. The number of hydrogen-bond donors (Lipinski definition) is 3. The SMILES string of the molecule is NC(CC(=O)Nc1ccc(C(=O)O)cc1F)C1CC1. The molecule has 0 aromatic heterocycles. The molecule has 5 nitrogen and oxygen atoms in total. The Labute approximate surface area is 109 Å². The number of carbonyl (C=O) groups excluding carboxylic acids is 1. The molecular formula is C13H15FN2O3. The summed E-state index contributed by atoms with van der Waals surface area (Å²) >= 11 is 0. The van der Waals surface area contributed by atoms with Gasteiger partial charge in [0, 0.05) is 12.5 Å². The molecule has 19 heavy (non-hydrogen) atoms. The van der Waals surface area contributed by atoms with Crippen molar-refractivity contribution in [2.75, 3.05) is 5.32 Å². The summed E-state index contributed by atoms with van der Waals surface area (Å²) in [7, 11) is 0. The number of rotatable bonds is 5. The van der Waals surface area contributed by atoms with Crippen LogP contribution in [0.1, 0.15) is 29.6 Å². The normalized spacial score (nSPS) is 15.9. The first-order chi connectivity index (χ1) is 8.97. The second-order valence-corrected chi connectivity index (χ2v) is 4.75. The highest BCUT2D eigenvalue weighted by Crippen LogP contribution is 2.32. The van der Waals surface area contributed by atoms with Gasteiger partial charge in [0.15, 0.2) is 0 Å². The van der Waals surface area contributed by atoms with Gasteiger partial charge < -0.3 is 16.2 Å². The van der Waals surface area contributed by atoms with Crippen molar-refractivity contribution in [3.8, 4) is 0 Å². The molecule has 0 spiro atoms. The minimum atomic E-state index is -1.22. The molecule has 1 aliphatic rings. The van der Waals surface area contributed by atoms with Gasteiger partial charge in [-0.1, -0.05) is 0 Å². The van der Waals surface area contributed by atoms with Crippen molar-refractivity contribution in [1.29, 1.82) is 0 Å². The summed E-state index contributed by atoms with van der Waals surface area (Å²) in [6, 6.07) is 3.15. The Bertz CT molecular complexity index is 515. The van der Waals surface area contributed by atoms with Gasteiger partial charge in [-0.2, -0.15) is 0 Å². The van der Waals surface area contributed by atoms with Crippen molar-refractivity contribution in [2.45, 2.75) is 25.3 Å². The number of carboxylic acids is 1. The molecule has 1 amide bonds. The van der Waals surface area contributed by atoms with Gasteiger partial charge in [0.05, 0.1) is 11.3 Å². The van der Waals surface area contributed by atoms with Crippen LogP contribution >= 0.6 is 0 Å². The fraction of sp³-hybridized carbons (Fsp3) is 0.385. The molecule has 0 radical (unpaired) electrons. The number of benzene rings is 1. The fourth-order valence-corrected chi connectivity index (χ4v) is 1.86. The van der Waals surface area contributed by atoms with E-state index in [9.17, 15) is 14.0 Å². The summed E-state index contributed by atoms with van der Waals surface area (Å²) in [5.74, 6) is -1.95. The fourth-order valence-electron chi connectivity index (χ4n) is 1.86. The number of nitrogens with two attached hydrogens (primary N) is 1. The topological polar surface area (TPSA) is 92.4 Å². The van der Waals surface area contributed by atoms with Gasteiger partial charge in [0.25, 0.3) is 0 Å². The van der Waals surface area contributed by atoms with E-state index in [1.165, 1.54) is 12.1 Å². The summed E-state index contributed by atoms with van der Waals surface area (Å²) in [6.45, 7) is 0. The zero-order chi connectivity index (χ0) is 14.0. The maximum atomic E-state index is 13.6. The van der Waals surface area contributed by atoms with E-state index < -0.39 is 11.8 Å². The average molecular weight is 266 g/mol. The predicted molar refractivity (Wildman–Crippen MR) is 67.3 cm³/mol. The summed E-state index contributed by atoms with van der Waals surface area (Å²) in [5, 5.41) is 11.1. The van der Waals surface area contributed by atoms with Crippen molar-refractivity contribution >= 4 is 17.6 Å². The number of halogens is 1. The second kappa shape index (κ2) is 5.36. The van der Waals surface area contributed by atoms with Crippen LogP contribution < -0.4 is 11.1 Å². The van der Waals surface area contributed by atoms with Crippen LogP contribution in [0.25, 0.3) is 0 Å². The number of amides is 1. The average Bonchev–Trinajstić information content (AvgIpc) is 3.15. The molecule has 4 N–H and O–H groups in total. The van der Waals surface area contributed by atoms with Crippen LogP contribution in [0.5, 0.6) is 0 Å². The molecule has 2 rings (SSSR count). The Morgan fingerprint density at radius 3 is 2.68 bits per heavy atom. The van der Waals surface area contributed by atoms with Gasteiger partial charge in [-0.15, -0.1) is 0 Å². The molecule has 1 aromatic rings. The van der Waals surface area contributed by atoms with Crippen molar-refractivity contribution in [3.63, 3.8) is 0 Å². The maximum Gasteiger partial charge on any atom is 0.335 e. The largest absolute Gasteiger partial charge is 0.478 e. The van der Waals surface area contributed by atoms with Gasteiger partial charge in [-0.05, 0) is 37.0 Å². The van der Waals surface area contributed by atoms with Crippen LogP contribution in [0, 0.1) is 11.7 Å². The lowest BCUT2D eigenvalue weighted by atomic mass is 10.1. The number of hydrogen-bond acceptors (Lipinski definition) is 3. The van der Waals surface area contributed by atoms with Crippen molar-refractivity contribution < 1.29 is 19.1 Å². The smallest absolute Gasteiger partial charge is 0.335 e. The zero-order valence-electron chi connectivity index (χ0n) is 10.2. The number of nitrogens with one attached hydrogen (secondary N) is 1. The van der Waals surface area contributed by atoms with Gasteiger partial charge in [0.2, 0.25) is 5.91 Å². The van der Waals surface area contributed by atoms with Crippen molar-refractivity contribution in [1.82, 2.24) is 0 Å². The highest BCUT2D eigenvalue weighted by Gasteiger charge is 2.29. The standard InChI is InChI=1S/C13H15FN2O3/c14-9-5-8(13(18)19)3-4-11(9)16-12(17)6-10(15)7-1-2-7/h3-5,7,10H,1-2,6,15H2,(H,16,17)(H,18,19). The zero-order valence-corrected chi connectivity index (χ0v) is 10.2. The quantitative estimate of drug-likeness (QED) is 0.754. The molecular weight excluding hydrogens is 251 g/mol. The van der Waals surface area contributed by atoms with E-state index in [4.69, 9.17) is 10.8 Å². The first-order valence-corrected chi connectivity index (χ1v) is 6.05. The van der Waals surface area contributed by atoms with E-state index in [2.05, 4.69) is 5.32 Å². The van der Waals surface area contributed by atoms with Crippen LogP contribution in [0.3, 0.4) is 0 Å². The summed E-state index contributed by atoms with van der Waals surface area (Å²) in [4.78, 5) is 22.3. The molecule has 0 aliphatic heterocycles. The van der Waals surface area contributed by atoms with E-state index in [0.717, 1.165) is 18.9 Å². The van der Waals surface area contributed by atoms with Crippen LogP contribution in [0.2, 0.25) is 0 Å². The number of carbonyl (C=O) groups is 2. The third-order valence-electron chi connectivity index (χ3n) is 3.14. The Morgan fingerprint density at radius 1 is 1.47 bits per heavy atom. The molecule has 0 heterocycles. The van der Waals surface area contributed by atoms with Crippen LogP contribution in [0.4, 0.5) is 10.1 Å². The molecule has 1 fully saturated rings. The van der Waals surface area contributed by atoms with Gasteiger partial charge in [-0.25, -0.2) is 9.18 Å². The van der Waals surface area contributed by atoms with E-state index >= 15 is 0 Å². The Morgan fingerprint density at radius 2 is 2.16 bits per heavy atom. The van der Waals surface area contributed by atoms with E-state index in [1.807, 2.05) is 0 Å². The van der Waals surface area contributed by atoms with Gasteiger partial charge in [-0.3, -0.25) is 4.79 Å². The first-order valence-electron chi connectivity index (χ1n) is 6.05. The lowest BCUT2D eigenvalue weighted by molar-refractivity contribution is -0.116. The Kier molecular flexibility index (Phi) is 3.80.